The van der Waals surface area contributed by atoms with Crippen LogP contribution in [0.2, 0.25) is 0 Å². The molecule has 0 saturated carbocycles. The molecule has 5 nitrogen and oxygen atoms in total. The molecular weight excluding hydrogens is 325 g/mol. The van der Waals surface area contributed by atoms with Crippen molar-refractivity contribution in [3.63, 3.8) is 0 Å². The van der Waals surface area contributed by atoms with Crippen LogP contribution in [0.15, 0.2) is 63.6 Å². The lowest BCUT2D eigenvalue weighted by Crippen LogP contribution is -2.33. The Morgan fingerprint density at radius 3 is 2.64 bits per heavy atom. The molecule has 0 atom stereocenters. The molecule has 0 radical (unpaired) electrons. The van der Waals surface area contributed by atoms with E-state index < -0.39 is 0 Å². The zero-order valence-electron chi connectivity index (χ0n) is 13.8. The first-order valence-electron chi connectivity index (χ1n) is 7.84. The second-order valence-corrected chi connectivity index (χ2v) is 5.47. The third-order valence-electron chi connectivity index (χ3n) is 3.72. The first-order chi connectivity index (χ1) is 12.2. The Bertz CT molecular complexity index is 808. The van der Waals surface area contributed by atoms with Gasteiger partial charge in [-0.1, -0.05) is 0 Å². The lowest BCUT2D eigenvalue weighted by Gasteiger charge is -2.20. The van der Waals surface area contributed by atoms with Crippen LogP contribution >= 0.6 is 0 Å². The number of nitrogens with zero attached hydrogens (tertiary/aromatic N) is 1. The quantitative estimate of drug-likeness (QED) is 0.651. The Morgan fingerprint density at radius 1 is 1.16 bits per heavy atom. The van der Waals surface area contributed by atoms with E-state index in [0.717, 1.165) is 0 Å². The first-order valence-corrected chi connectivity index (χ1v) is 7.84. The molecule has 0 aliphatic carbocycles. The topological polar surface area (TPSA) is 55.8 Å². The van der Waals surface area contributed by atoms with Gasteiger partial charge in [-0.2, -0.15) is 0 Å². The molecule has 3 rings (SSSR count). The summed E-state index contributed by atoms with van der Waals surface area (Å²) >= 11 is 0. The van der Waals surface area contributed by atoms with E-state index in [2.05, 4.69) is 0 Å². The van der Waals surface area contributed by atoms with Gasteiger partial charge in [0.1, 0.15) is 17.3 Å². The van der Waals surface area contributed by atoms with Crippen LogP contribution in [0.25, 0.3) is 11.3 Å². The van der Waals surface area contributed by atoms with Crippen molar-refractivity contribution in [3.8, 4) is 11.3 Å². The maximum atomic E-state index is 13.0. The van der Waals surface area contributed by atoms with Gasteiger partial charge < -0.3 is 18.5 Å². The lowest BCUT2D eigenvalue weighted by molar-refractivity contribution is 0.0636. The molecule has 0 bridgehead atoms. The Balaban J connectivity index is 1.78. The third-order valence-corrected chi connectivity index (χ3v) is 3.72. The van der Waals surface area contributed by atoms with Crippen LogP contribution in [0.1, 0.15) is 16.3 Å². The lowest BCUT2D eigenvalue weighted by atomic mass is 10.2. The van der Waals surface area contributed by atoms with Crippen molar-refractivity contribution < 1.29 is 22.8 Å². The predicted octanol–water partition coefficient (Wildman–Crippen LogP) is 3.97. The minimum atomic E-state index is -0.323. The van der Waals surface area contributed by atoms with Crippen molar-refractivity contribution in [2.24, 2.45) is 0 Å². The fraction of sp³-hybridized carbons (Fsp3) is 0.211. The normalized spacial score (nSPS) is 10.8. The average Bonchev–Trinajstić information content (AvgIpc) is 3.30. The number of benzene rings is 1. The van der Waals surface area contributed by atoms with Crippen LogP contribution < -0.4 is 0 Å². The molecule has 25 heavy (non-hydrogen) atoms. The number of ether oxygens (including phenoxy) is 1. The smallest absolute Gasteiger partial charge is 0.290 e. The zero-order valence-corrected chi connectivity index (χ0v) is 13.8. The summed E-state index contributed by atoms with van der Waals surface area (Å²) in [5, 5.41) is 0. The van der Waals surface area contributed by atoms with Crippen LogP contribution in [-0.2, 0) is 11.3 Å². The molecule has 0 fully saturated rings. The summed E-state index contributed by atoms with van der Waals surface area (Å²) in [4.78, 5) is 14.3. The number of hydrogen-bond acceptors (Lipinski definition) is 4. The van der Waals surface area contributed by atoms with E-state index in [-0.39, 0.29) is 17.5 Å². The molecule has 130 valence electrons. The van der Waals surface area contributed by atoms with Gasteiger partial charge in [0, 0.05) is 19.2 Å². The largest absolute Gasteiger partial charge is 0.467 e. The summed E-state index contributed by atoms with van der Waals surface area (Å²) in [6, 6.07) is 12.8. The minimum Gasteiger partial charge on any atom is -0.467 e. The molecular formula is C19H18FNO4. The highest BCUT2D eigenvalue weighted by molar-refractivity contribution is 5.92. The molecule has 2 heterocycles. The van der Waals surface area contributed by atoms with Crippen molar-refractivity contribution in [1.82, 2.24) is 4.90 Å². The molecule has 0 saturated heterocycles. The number of rotatable bonds is 7. The van der Waals surface area contributed by atoms with Gasteiger partial charge in [0.25, 0.3) is 5.91 Å². The number of halogens is 1. The van der Waals surface area contributed by atoms with Crippen molar-refractivity contribution in [2.75, 3.05) is 20.3 Å². The standard InChI is InChI=1S/C19H18FNO4/c1-23-12-10-21(13-16-3-2-11-24-16)19(22)18-9-8-17(25-18)14-4-6-15(20)7-5-14/h2-9,11H,10,12-13H2,1H3. The highest BCUT2D eigenvalue weighted by Gasteiger charge is 2.21. The second kappa shape index (κ2) is 7.81. The zero-order chi connectivity index (χ0) is 17.6. The Kier molecular flexibility index (Phi) is 5.30. The highest BCUT2D eigenvalue weighted by Crippen LogP contribution is 2.23. The van der Waals surface area contributed by atoms with Crippen molar-refractivity contribution in [1.29, 1.82) is 0 Å². The van der Waals surface area contributed by atoms with Crippen LogP contribution in [-0.4, -0.2) is 31.1 Å². The molecule has 3 aromatic rings. The molecule has 0 N–H and O–H groups in total. The van der Waals surface area contributed by atoms with E-state index in [1.165, 1.54) is 12.1 Å². The monoisotopic (exact) mass is 343 g/mol. The molecule has 1 amide bonds. The van der Waals surface area contributed by atoms with E-state index in [9.17, 15) is 9.18 Å². The SMILES string of the molecule is COCCN(Cc1ccco1)C(=O)c1ccc(-c2ccc(F)cc2)o1. The molecule has 0 aliphatic heterocycles. The second-order valence-electron chi connectivity index (χ2n) is 5.47. The molecule has 1 aromatic carbocycles. The van der Waals surface area contributed by atoms with E-state index in [4.69, 9.17) is 13.6 Å². The Morgan fingerprint density at radius 2 is 1.96 bits per heavy atom. The summed E-state index contributed by atoms with van der Waals surface area (Å²) in [6.45, 7) is 1.13. The van der Waals surface area contributed by atoms with Gasteiger partial charge in [0.15, 0.2) is 5.76 Å². The summed E-state index contributed by atoms with van der Waals surface area (Å²) in [6.07, 6.45) is 1.56. The van der Waals surface area contributed by atoms with Gasteiger partial charge in [-0.3, -0.25) is 4.79 Å². The minimum absolute atomic E-state index is 0.210. The van der Waals surface area contributed by atoms with E-state index >= 15 is 0 Å². The van der Waals surface area contributed by atoms with Gasteiger partial charge in [0.05, 0.1) is 19.4 Å². The fourth-order valence-electron chi connectivity index (χ4n) is 2.42. The number of furan rings is 2. The van der Waals surface area contributed by atoms with Gasteiger partial charge >= 0.3 is 0 Å². The number of carbonyl (C=O) groups is 1. The van der Waals surface area contributed by atoms with Crippen molar-refractivity contribution in [2.45, 2.75) is 6.54 Å². The van der Waals surface area contributed by atoms with Crippen LogP contribution in [0.3, 0.4) is 0 Å². The van der Waals surface area contributed by atoms with Crippen molar-refractivity contribution >= 4 is 5.91 Å². The Labute approximate surface area is 144 Å². The predicted molar refractivity (Wildman–Crippen MR) is 89.4 cm³/mol. The molecule has 2 aromatic heterocycles. The van der Waals surface area contributed by atoms with Gasteiger partial charge in [-0.05, 0) is 48.5 Å². The summed E-state index contributed by atoms with van der Waals surface area (Å²) in [5.74, 6) is 0.808. The molecule has 0 unspecified atom stereocenters. The summed E-state index contributed by atoms with van der Waals surface area (Å²) < 4.78 is 29.1. The molecule has 6 heteroatoms. The van der Waals surface area contributed by atoms with Crippen molar-refractivity contribution in [3.05, 3.63) is 72.1 Å². The maximum Gasteiger partial charge on any atom is 0.290 e. The fourth-order valence-corrected chi connectivity index (χ4v) is 2.42. The van der Waals surface area contributed by atoms with Gasteiger partial charge in [-0.15, -0.1) is 0 Å². The van der Waals surface area contributed by atoms with Gasteiger partial charge in [-0.25, -0.2) is 4.39 Å². The van der Waals surface area contributed by atoms with E-state index in [1.54, 1.807) is 54.7 Å². The third kappa shape index (κ3) is 4.16. The van der Waals surface area contributed by atoms with E-state index in [0.29, 0.717) is 36.8 Å². The number of methoxy groups -OCH3 is 1. The van der Waals surface area contributed by atoms with Crippen LogP contribution in [0.5, 0.6) is 0 Å². The van der Waals surface area contributed by atoms with E-state index in [1.807, 2.05) is 0 Å². The number of carbonyl (C=O) groups excluding carboxylic acids is 1. The molecule has 0 aliphatic rings. The highest BCUT2D eigenvalue weighted by atomic mass is 19.1. The van der Waals surface area contributed by atoms with Crippen LogP contribution in [0.4, 0.5) is 4.39 Å². The van der Waals surface area contributed by atoms with Crippen LogP contribution in [0, 0.1) is 5.82 Å². The first kappa shape index (κ1) is 17.0. The number of amides is 1. The Hall–Kier alpha value is -2.86. The average molecular weight is 343 g/mol. The van der Waals surface area contributed by atoms with Gasteiger partial charge in [0.2, 0.25) is 0 Å². The summed E-state index contributed by atoms with van der Waals surface area (Å²) in [7, 11) is 1.58. The molecule has 0 spiro atoms. The summed E-state index contributed by atoms with van der Waals surface area (Å²) in [5.41, 5.74) is 0.704. The number of hydrogen-bond donors (Lipinski definition) is 0. The maximum absolute atomic E-state index is 13.0.